The van der Waals surface area contributed by atoms with Gasteiger partial charge >= 0.3 is 0 Å². The topological polar surface area (TPSA) is 126 Å². The summed E-state index contributed by atoms with van der Waals surface area (Å²) in [5, 5.41) is 1.96. The van der Waals surface area contributed by atoms with Gasteiger partial charge in [0, 0.05) is 18.8 Å². The van der Waals surface area contributed by atoms with Crippen molar-refractivity contribution in [1.82, 2.24) is 14.3 Å². The standard InChI is InChI=1S/C25H27ClN4O5S2/c1-18-8-4-5-9-19(18)17-36(32,33)25-27-16-22(26)23(29-25)24(31)28-20-10-12-21(13-11-20)37(34,35)30-14-6-2-3-7-15-30/h4-5,8-13,16H,2-3,6-7,14-15,17H2,1H3,(H,28,31). The van der Waals surface area contributed by atoms with E-state index in [0.29, 0.717) is 24.3 Å². The fourth-order valence-electron chi connectivity index (χ4n) is 4.03. The van der Waals surface area contributed by atoms with Crippen LogP contribution in [0.3, 0.4) is 0 Å². The molecule has 0 atom stereocenters. The van der Waals surface area contributed by atoms with Gasteiger partial charge < -0.3 is 5.32 Å². The Balaban J connectivity index is 1.51. The van der Waals surface area contributed by atoms with E-state index in [1.54, 1.807) is 25.1 Å². The van der Waals surface area contributed by atoms with Gasteiger partial charge in [-0.3, -0.25) is 4.79 Å². The van der Waals surface area contributed by atoms with Crippen molar-refractivity contribution in [3.8, 4) is 0 Å². The van der Waals surface area contributed by atoms with Gasteiger partial charge in [0.05, 0.1) is 21.9 Å². The maximum atomic E-state index is 13.0. The molecule has 1 aliphatic heterocycles. The summed E-state index contributed by atoms with van der Waals surface area (Å²) in [6.45, 7) is 2.78. The van der Waals surface area contributed by atoms with Crippen LogP contribution in [0, 0.1) is 6.92 Å². The molecule has 0 aliphatic carbocycles. The summed E-state index contributed by atoms with van der Waals surface area (Å²) in [7, 11) is -7.58. The van der Waals surface area contributed by atoms with Gasteiger partial charge in [-0.1, -0.05) is 48.7 Å². The van der Waals surface area contributed by atoms with Crippen molar-refractivity contribution in [2.24, 2.45) is 0 Å². The molecule has 196 valence electrons. The maximum Gasteiger partial charge on any atom is 0.275 e. The molecule has 0 saturated carbocycles. The number of hydrogen-bond acceptors (Lipinski definition) is 7. The molecule has 1 amide bonds. The second-order valence-electron chi connectivity index (χ2n) is 8.83. The van der Waals surface area contributed by atoms with Gasteiger partial charge in [0.2, 0.25) is 25.0 Å². The lowest BCUT2D eigenvalue weighted by atomic mass is 10.1. The number of carbonyl (C=O) groups excluding carboxylic acids is 1. The monoisotopic (exact) mass is 562 g/mol. The number of sulfonamides is 1. The quantitative estimate of drug-likeness (QED) is 0.427. The summed E-state index contributed by atoms with van der Waals surface area (Å²) in [4.78, 5) is 20.8. The number of sulfone groups is 1. The number of hydrogen-bond donors (Lipinski definition) is 1. The van der Waals surface area contributed by atoms with Crippen LogP contribution in [0.15, 0.2) is 64.8 Å². The van der Waals surface area contributed by atoms with Crippen LogP contribution in [0.2, 0.25) is 5.02 Å². The average Bonchev–Trinajstić information content (AvgIpc) is 3.16. The van der Waals surface area contributed by atoms with E-state index in [9.17, 15) is 21.6 Å². The zero-order valence-electron chi connectivity index (χ0n) is 20.2. The predicted octanol–water partition coefficient (Wildman–Crippen LogP) is 4.23. The largest absolute Gasteiger partial charge is 0.321 e. The second kappa shape index (κ2) is 11.3. The third-order valence-electron chi connectivity index (χ3n) is 6.14. The highest BCUT2D eigenvalue weighted by atomic mass is 35.5. The van der Waals surface area contributed by atoms with Crippen LogP contribution in [-0.4, -0.2) is 50.1 Å². The summed E-state index contributed by atoms with van der Waals surface area (Å²) in [5.74, 6) is -1.07. The molecule has 37 heavy (non-hydrogen) atoms. The highest BCUT2D eigenvalue weighted by Crippen LogP contribution is 2.23. The van der Waals surface area contributed by atoms with E-state index in [1.165, 1.54) is 28.6 Å². The maximum absolute atomic E-state index is 13.0. The number of benzene rings is 2. The van der Waals surface area contributed by atoms with Gasteiger partial charge in [-0.05, 0) is 55.2 Å². The number of anilines is 1. The first-order chi connectivity index (χ1) is 17.6. The van der Waals surface area contributed by atoms with E-state index in [-0.39, 0.29) is 21.4 Å². The average molecular weight is 563 g/mol. The molecular weight excluding hydrogens is 536 g/mol. The SMILES string of the molecule is Cc1ccccc1CS(=O)(=O)c1ncc(Cl)c(C(=O)Nc2ccc(S(=O)(=O)N3CCCCCC3)cc2)n1. The minimum Gasteiger partial charge on any atom is -0.321 e. The first-order valence-electron chi connectivity index (χ1n) is 11.8. The molecule has 1 fully saturated rings. The zero-order chi connectivity index (χ0) is 26.6. The highest BCUT2D eigenvalue weighted by Gasteiger charge is 2.26. The van der Waals surface area contributed by atoms with Gasteiger partial charge in [0.1, 0.15) is 0 Å². The Hall–Kier alpha value is -2.86. The molecule has 3 aromatic rings. The van der Waals surface area contributed by atoms with Gasteiger partial charge in [-0.25, -0.2) is 26.8 Å². The van der Waals surface area contributed by atoms with Crippen molar-refractivity contribution in [1.29, 1.82) is 0 Å². The highest BCUT2D eigenvalue weighted by molar-refractivity contribution is 7.90. The van der Waals surface area contributed by atoms with Crippen molar-refractivity contribution in [3.63, 3.8) is 0 Å². The number of halogens is 1. The lowest BCUT2D eigenvalue weighted by Gasteiger charge is -2.20. The van der Waals surface area contributed by atoms with Crippen LogP contribution in [0.1, 0.15) is 47.3 Å². The number of nitrogens with one attached hydrogen (secondary N) is 1. The Bertz CT molecular complexity index is 1500. The van der Waals surface area contributed by atoms with E-state index >= 15 is 0 Å². The Morgan fingerprint density at radius 1 is 0.973 bits per heavy atom. The van der Waals surface area contributed by atoms with E-state index < -0.39 is 30.9 Å². The molecular formula is C25H27ClN4O5S2. The summed E-state index contributed by atoms with van der Waals surface area (Å²) in [5.41, 5.74) is 1.40. The Morgan fingerprint density at radius 3 is 2.27 bits per heavy atom. The first-order valence-corrected chi connectivity index (χ1v) is 15.3. The van der Waals surface area contributed by atoms with Crippen molar-refractivity contribution >= 4 is 43.1 Å². The molecule has 0 bridgehead atoms. The Morgan fingerprint density at radius 2 is 1.62 bits per heavy atom. The number of rotatable bonds is 7. The number of amides is 1. The summed E-state index contributed by atoms with van der Waals surface area (Å²) >= 11 is 6.11. The van der Waals surface area contributed by atoms with Gasteiger partial charge in [0.25, 0.3) is 5.91 Å². The fraction of sp³-hybridized carbons (Fsp3) is 0.320. The van der Waals surface area contributed by atoms with Crippen molar-refractivity contribution in [2.75, 3.05) is 18.4 Å². The van der Waals surface area contributed by atoms with Crippen LogP contribution in [0.4, 0.5) is 5.69 Å². The Kier molecular flexibility index (Phi) is 8.27. The zero-order valence-corrected chi connectivity index (χ0v) is 22.6. The molecule has 0 unspecified atom stereocenters. The molecule has 1 N–H and O–H groups in total. The predicted molar refractivity (Wildman–Crippen MR) is 141 cm³/mol. The van der Waals surface area contributed by atoms with E-state index in [2.05, 4.69) is 15.3 Å². The molecule has 2 heterocycles. The van der Waals surface area contributed by atoms with Gasteiger partial charge in [-0.2, -0.15) is 4.31 Å². The summed E-state index contributed by atoms with van der Waals surface area (Å²) in [6.07, 6.45) is 4.76. The Labute approximate surface area is 221 Å². The first kappa shape index (κ1) is 27.2. The van der Waals surface area contributed by atoms with E-state index in [1.807, 2.05) is 6.07 Å². The van der Waals surface area contributed by atoms with E-state index in [4.69, 9.17) is 11.6 Å². The van der Waals surface area contributed by atoms with Crippen LogP contribution >= 0.6 is 11.6 Å². The summed E-state index contributed by atoms with van der Waals surface area (Å²) in [6, 6.07) is 12.8. The molecule has 1 aliphatic rings. The van der Waals surface area contributed by atoms with Crippen molar-refractivity contribution in [3.05, 3.63) is 76.6 Å². The lowest BCUT2D eigenvalue weighted by Crippen LogP contribution is -2.31. The molecule has 4 rings (SSSR count). The number of nitrogens with zero attached hydrogens (tertiary/aromatic N) is 3. The summed E-state index contributed by atoms with van der Waals surface area (Å²) < 4.78 is 53.3. The molecule has 2 aromatic carbocycles. The number of aromatic nitrogens is 2. The van der Waals surface area contributed by atoms with Crippen LogP contribution in [0.25, 0.3) is 0 Å². The van der Waals surface area contributed by atoms with Crippen molar-refractivity contribution < 1.29 is 21.6 Å². The fourth-order valence-corrected chi connectivity index (χ4v) is 7.03. The minimum absolute atomic E-state index is 0.118. The minimum atomic E-state index is -3.95. The van der Waals surface area contributed by atoms with Crippen molar-refractivity contribution in [2.45, 2.75) is 48.4 Å². The third-order valence-corrected chi connectivity index (χ3v) is 9.77. The molecule has 9 nitrogen and oxygen atoms in total. The number of aryl methyl sites for hydroxylation is 1. The third kappa shape index (κ3) is 6.35. The van der Waals surface area contributed by atoms with Crippen LogP contribution < -0.4 is 5.32 Å². The molecule has 0 spiro atoms. The molecule has 0 radical (unpaired) electrons. The molecule has 1 saturated heterocycles. The van der Waals surface area contributed by atoms with Crippen LogP contribution in [-0.2, 0) is 25.6 Å². The molecule has 1 aromatic heterocycles. The lowest BCUT2D eigenvalue weighted by molar-refractivity contribution is 0.102. The molecule has 12 heteroatoms. The van der Waals surface area contributed by atoms with Crippen LogP contribution in [0.5, 0.6) is 0 Å². The number of carbonyl (C=O) groups is 1. The smallest absolute Gasteiger partial charge is 0.275 e. The van der Waals surface area contributed by atoms with Gasteiger partial charge in [0.15, 0.2) is 5.69 Å². The second-order valence-corrected chi connectivity index (χ2v) is 13.1. The van der Waals surface area contributed by atoms with E-state index in [0.717, 1.165) is 37.4 Å². The normalized spacial score (nSPS) is 15.2. The van der Waals surface area contributed by atoms with Gasteiger partial charge in [-0.15, -0.1) is 0 Å².